The van der Waals surface area contributed by atoms with Crippen molar-refractivity contribution in [1.82, 2.24) is 25.2 Å². The summed E-state index contributed by atoms with van der Waals surface area (Å²) in [7, 11) is 0. The van der Waals surface area contributed by atoms with Gasteiger partial charge >= 0.3 is 0 Å². The number of anilines is 1. The van der Waals surface area contributed by atoms with Gasteiger partial charge in [0.05, 0.1) is 18.2 Å². The molecule has 5 heterocycles. The maximum Gasteiger partial charge on any atom is 0.254 e. The van der Waals surface area contributed by atoms with Gasteiger partial charge in [0, 0.05) is 35.9 Å². The number of fused-ring (bicyclic) bond motifs is 3. The molecule has 35 heavy (non-hydrogen) atoms. The van der Waals surface area contributed by atoms with E-state index in [1.54, 1.807) is 4.68 Å². The standard InChI is InChI=1S/C25H24N6O4/c32-25-18(10-16-11-21-22(35-14-34-21)12-19(16)26-25)23(30-8-7-15-4-1-2-6-20(15)30)24-27-28-29-31(24)13-17-5-3-9-33-17/h1-2,4,6,10-12,17,23H,3,5,7-9,13-14H2,(H,26,32)/t17-,23-/m0/s1. The number of tetrazole rings is 1. The van der Waals surface area contributed by atoms with E-state index < -0.39 is 6.04 Å². The van der Waals surface area contributed by atoms with Crippen LogP contribution in [0.3, 0.4) is 0 Å². The molecule has 0 saturated carbocycles. The number of rotatable bonds is 5. The Bertz CT molecular complexity index is 1470. The van der Waals surface area contributed by atoms with E-state index in [0.29, 0.717) is 34.9 Å². The molecule has 0 spiro atoms. The second kappa shape index (κ2) is 8.09. The smallest absolute Gasteiger partial charge is 0.254 e. The molecule has 10 nitrogen and oxygen atoms in total. The van der Waals surface area contributed by atoms with Gasteiger partial charge in [0.25, 0.3) is 5.56 Å². The molecular weight excluding hydrogens is 448 g/mol. The number of aromatic nitrogens is 5. The molecule has 3 aliphatic rings. The third-order valence-electron chi connectivity index (χ3n) is 7.10. The Hall–Kier alpha value is -3.92. The normalized spacial score (nSPS) is 19.4. The summed E-state index contributed by atoms with van der Waals surface area (Å²) in [4.78, 5) is 18.8. The van der Waals surface area contributed by atoms with E-state index in [0.717, 1.165) is 43.5 Å². The van der Waals surface area contributed by atoms with Gasteiger partial charge in [-0.15, -0.1) is 5.10 Å². The number of hydrogen-bond acceptors (Lipinski definition) is 8. The largest absolute Gasteiger partial charge is 0.454 e. The van der Waals surface area contributed by atoms with Crippen LogP contribution in [-0.4, -0.2) is 51.2 Å². The first-order valence-corrected chi connectivity index (χ1v) is 11.9. The molecule has 7 rings (SSSR count). The molecule has 2 aromatic heterocycles. The molecule has 0 radical (unpaired) electrons. The first kappa shape index (κ1) is 20.5. The Labute approximate surface area is 200 Å². The number of pyridine rings is 1. The second-order valence-electron chi connectivity index (χ2n) is 9.18. The van der Waals surface area contributed by atoms with Gasteiger partial charge in [-0.3, -0.25) is 4.79 Å². The molecule has 1 N–H and O–H groups in total. The molecule has 10 heteroatoms. The SMILES string of the molecule is O=c1[nH]c2cc3c(cc2cc1[C@@H](c1nnnn1C[C@@H]1CCCO1)N1CCc2ccccc21)OCO3. The van der Waals surface area contributed by atoms with Gasteiger partial charge in [0.2, 0.25) is 6.79 Å². The van der Waals surface area contributed by atoms with E-state index in [9.17, 15) is 4.79 Å². The number of nitrogens with one attached hydrogen (secondary N) is 1. The second-order valence-corrected chi connectivity index (χ2v) is 9.18. The van der Waals surface area contributed by atoms with E-state index in [4.69, 9.17) is 14.2 Å². The van der Waals surface area contributed by atoms with Crippen molar-refractivity contribution in [3.05, 3.63) is 69.8 Å². The molecule has 1 saturated heterocycles. The fourth-order valence-corrected chi connectivity index (χ4v) is 5.41. The van der Waals surface area contributed by atoms with Crippen LogP contribution in [0.25, 0.3) is 10.9 Å². The average molecular weight is 473 g/mol. The zero-order chi connectivity index (χ0) is 23.4. The van der Waals surface area contributed by atoms with Crippen molar-refractivity contribution in [2.24, 2.45) is 0 Å². The topological polar surface area (TPSA) is 107 Å². The van der Waals surface area contributed by atoms with Gasteiger partial charge < -0.3 is 24.1 Å². The van der Waals surface area contributed by atoms with Crippen molar-refractivity contribution in [3.63, 3.8) is 0 Å². The average Bonchev–Trinajstić information content (AvgIpc) is 3.67. The van der Waals surface area contributed by atoms with Crippen LogP contribution in [0.5, 0.6) is 11.5 Å². The van der Waals surface area contributed by atoms with Crippen LogP contribution in [0.4, 0.5) is 5.69 Å². The highest BCUT2D eigenvalue weighted by atomic mass is 16.7. The van der Waals surface area contributed by atoms with Gasteiger partial charge in [-0.1, -0.05) is 18.2 Å². The number of H-pyrrole nitrogens is 1. The summed E-state index contributed by atoms with van der Waals surface area (Å²) in [5.74, 6) is 1.93. The molecule has 3 aliphatic heterocycles. The van der Waals surface area contributed by atoms with Crippen molar-refractivity contribution < 1.29 is 14.2 Å². The predicted molar refractivity (Wildman–Crippen MR) is 127 cm³/mol. The minimum atomic E-state index is -0.464. The van der Waals surface area contributed by atoms with Crippen LogP contribution in [0, 0.1) is 0 Å². The Kier molecular flexibility index (Phi) is 4.73. The minimum Gasteiger partial charge on any atom is -0.454 e. The molecule has 4 aromatic rings. The van der Waals surface area contributed by atoms with Crippen molar-refractivity contribution in [3.8, 4) is 11.5 Å². The fraction of sp³-hybridized carbons (Fsp3) is 0.360. The summed E-state index contributed by atoms with van der Waals surface area (Å²) >= 11 is 0. The lowest BCUT2D eigenvalue weighted by Crippen LogP contribution is -2.35. The minimum absolute atomic E-state index is 0.0680. The molecule has 1 fully saturated rings. The molecule has 2 atom stereocenters. The lowest BCUT2D eigenvalue weighted by Gasteiger charge is -2.29. The summed E-state index contributed by atoms with van der Waals surface area (Å²) in [6.07, 6.45) is 2.97. The van der Waals surface area contributed by atoms with Gasteiger partial charge in [-0.25, -0.2) is 4.68 Å². The van der Waals surface area contributed by atoms with Crippen LogP contribution in [0.15, 0.2) is 47.3 Å². The van der Waals surface area contributed by atoms with Crippen LogP contribution in [0.1, 0.15) is 35.8 Å². The number of ether oxygens (including phenoxy) is 3. The zero-order valence-electron chi connectivity index (χ0n) is 19.0. The molecule has 178 valence electrons. The highest BCUT2D eigenvalue weighted by molar-refractivity contribution is 5.83. The van der Waals surface area contributed by atoms with Gasteiger partial charge in [-0.2, -0.15) is 0 Å². The molecule has 0 bridgehead atoms. The number of hydrogen-bond donors (Lipinski definition) is 1. The number of benzene rings is 2. The lowest BCUT2D eigenvalue weighted by molar-refractivity contribution is 0.0924. The van der Waals surface area contributed by atoms with Crippen LogP contribution < -0.4 is 19.9 Å². The van der Waals surface area contributed by atoms with E-state index in [-0.39, 0.29) is 18.5 Å². The quantitative estimate of drug-likeness (QED) is 0.472. The summed E-state index contributed by atoms with van der Waals surface area (Å²) in [6, 6.07) is 13.5. The Morgan fingerprint density at radius 3 is 2.91 bits per heavy atom. The number of para-hydroxylation sites is 1. The Morgan fingerprint density at radius 2 is 2.03 bits per heavy atom. The van der Waals surface area contributed by atoms with E-state index >= 15 is 0 Å². The maximum absolute atomic E-state index is 13.5. The molecule has 0 amide bonds. The van der Waals surface area contributed by atoms with Crippen LogP contribution in [0.2, 0.25) is 0 Å². The highest BCUT2D eigenvalue weighted by Crippen LogP contribution is 2.39. The maximum atomic E-state index is 13.5. The van der Waals surface area contributed by atoms with Gasteiger partial charge in [0.1, 0.15) is 6.04 Å². The van der Waals surface area contributed by atoms with E-state index in [2.05, 4.69) is 37.5 Å². The first-order chi connectivity index (χ1) is 17.2. The summed E-state index contributed by atoms with van der Waals surface area (Å²) in [5, 5.41) is 13.6. The van der Waals surface area contributed by atoms with Crippen molar-refractivity contribution in [2.75, 3.05) is 24.8 Å². The molecule has 0 unspecified atom stereocenters. The summed E-state index contributed by atoms with van der Waals surface area (Å²) in [6.45, 7) is 2.24. The zero-order valence-corrected chi connectivity index (χ0v) is 19.0. The van der Waals surface area contributed by atoms with E-state index in [1.807, 2.05) is 30.3 Å². The van der Waals surface area contributed by atoms with Crippen molar-refractivity contribution in [1.29, 1.82) is 0 Å². The number of aromatic amines is 1. The Balaban J connectivity index is 1.39. The third kappa shape index (κ3) is 3.44. The van der Waals surface area contributed by atoms with Gasteiger partial charge in [-0.05, 0) is 53.5 Å². The third-order valence-corrected chi connectivity index (χ3v) is 7.10. The van der Waals surface area contributed by atoms with Gasteiger partial charge in [0.15, 0.2) is 17.3 Å². The molecular formula is C25H24N6O4. The predicted octanol–water partition coefficient (Wildman–Crippen LogP) is 2.57. The molecule has 2 aromatic carbocycles. The van der Waals surface area contributed by atoms with Crippen molar-refractivity contribution >= 4 is 16.6 Å². The first-order valence-electron chi connectivity index (χ1n) is 11.9. The molecule has 0 aliphatic carbocycles. The summed E-state index contributed by atoms with van der Waals surface area (Å²) < 4.78 is 18.7. The fourth-order valence-electron chi connectivity index (χ4n) is 5.41. The van der Waals surface area contributed by atoms with Crippen molar-refractivity contribution in [2.45, 2.75) is 38.0 Å². The summed E-state index contributed by atoms with van der Waals surface area (Å²) in [5.41, 5.74) is 3.43. The van der Waals surface area contributed by atoms with E-state index in [1.165, 1.54) is 5.56 Å². The lowest BCUT2D eigenvalue weighted by atomic mass is 10.0. The van der Waals surface area contributed by atoms with Crippen LogP contribution in [-0.2, 0) is 17.7 Å². The number of nitrogens with zero attached hydrogens (tertiary/aromatic N) is 5. The highest BCUT2D eigenvalue weighted by Gasteiger charge is 2.35. The van der Waals surface area contributed by atoms with Crippen LogP contribution >= 0.6 is 0 Å². The monoisotopic (exact) mass is 472 g/mol. The Morgan fingerprint density at radius 1 is 1.14 bits per heavy atom.